The Balaban J connectivity index is 1.40. The molecule has 210 valence electrons. The van der Waals surface area contributed by atoms with Crippen molar-refractivity contribution in [2.45, 2.75) is 44.7 Å². The molecule has 1 aliphatic heterocycles. The lowest BCUT2D eigenvalue weighted by atomic mass is 9.73. The van der Waals surface area contributed by atoms with E-state index in [9.17, 15) is 23.2 Å². The predicted molar refractivity (Wildman–Crippen MR) is 139 cm³/mol. The highest BCUT2D eigenvalue weighted by Gasteiger charge is 2.41. The Morgan fingerprint density at radius 2 is 1.97 bits per heavy atom. The Labute approximate surface area is 228 Å². The van der Waals surface area contributed by atoms with Crippen molar-refractivity contribution in [2.24, 2.45) is 5.41 Å². The van der Waals surface area contributed by atoms with E-state index in [4.69, 9.17) is 16.3 Å². The maximum absolute atomic E-state index is 15.7. The normalized spacial score (nSPS) is 16.3. The number of nitrogens with one attached hydrogen (secondary N) is 1. The van der Waals surface area contributed by atoms with Crippen molar-refractivity contribution in [3.05, 3.63) is 70.1 Å². The number of carbonyl (C=O) groups excluding carboxylic acids is 1. The molecule has 0 saturated carbocycles. The third kappa shape index (κ3) is 6.45. The average Bonchev–Trinajstić information content (AvgIpc) is 2.94. The first kappa shape index (κ1) is 29.0. The van der Waals surface area contributed by atoms with Crippen LogP contribution in [0, 0.1) is 22.9 Å². The van der Waals surface area contributed by atoms with E-state index >= 15 is 4.39 Å². The van der Waals surface area contributed by atoms with Gasteiger partial charge in [-0.2, -0.15) is 0 Å². The number of piperidine rings is 1. The summed E-state index contributed by atoms with van der Waals surface area (Å²) in [5.41, 5.74) is 1.58. The number of hydrogen-bond donors (Lipinski definition) is 2. The van der Waals surface area contributed by atoms with Crippen LogP contribution in [0.1, 0.15) is 49.4 Å². The molecule has 1 fully saturated rings. The Hall–Kier alpha value is -2.95. The molecule has 0 bridgehead atoms. The molecule has 1 aliphatic rings. The van der Waals surface area contributed by atoms with Crippen LogP contribution < -0.4 is 10.2 Å². The van der Waals surface area contributed by atoms with Crippen molar-refractivity contribution < 1.29 is 32.3 Å². The number of aromatic nitrogens is 1. The molecular formula is C28H30ClF4N3O3. The zero-order valence-electron chi connectivity index (χ0n) is 21.5. The lowest BCUT2D eigenvalue weighted by molar-refractivity contribution is -0.143. The predicted octanol–water partition coefficient (Wildman–Crippen LogP) is 6.33. The van der Waals surface area contributed by atoms with Gasteiger partial charge in [0, 0.05) is 23.2 Å². The second-order valence-corrected chi connectivity index (χ2v) is 10.3. The maximum atomic E-state index is 15.7. The van der Waals surface area contributed by atoms with Gasteiger partial charge >= 0.3 is 0 Å². The quantitative estimate of drug-likeness (QED) is 0.130. The number of pyridine rings is 1. The molecule has 1 atom stereocenters. The maximum Gasteiger partial charge on any atom is 0.249 e. The Morgan fingerprint density at radius 3 is 2.67 bits per heavy atom. The third-order valence-electron chi connectivity index (χ3n) is 7.64. The van der Waals surface area contributed by atoms with E-state index in [-0.39, 0.29) is 35.4 Å². The van der Waals surface area contributed by atoms with Crippen LogP contribution >= 0.6 is 11.6 Å². The van der Waals surface area contributed by atoms with Crippen molar-refractivity contribution in [2.75, 3.05) is 26.7 Å². The fourth-order valence-electron chi connectivity index (χ4n) is 5.36. The van der Waals surface area contributed by atoms with Gasteiger partial charge in [-0.05, 0) is 88.0 Å². The molecule has 39 heavy (non-hydrogen) atoms. The molecule has 6 nitrogen and oxygen atoms in total. The number of aryl methyl sites for hydroxylation is 1. The minimum absolute atomic E-state index is 0.00608. The summed E-state index contributed by atoms with van der Waals surface area (Å²) in [5.74, 6) is -3.12. The summed E-state index contributed by atoms with van der Waals surface area (Å²) in [4.78, 5) is 19.1. The highest BCUT2D eigenvalue weighted by atomic mass is 35.5. The van der Waals surface area contributed by atoms with Gasteiger partial charge < -0.3 is 9.64 Å². The van der Waals surface area contributed by atoms with E-state index in [1.165, 1.54) is 13.3 Å². The number of alkyl halides is 1. The van der Waals surface area contributed by atoms with Crippen LogP contribution in [0.2, 0.25) is 5.02 Å². The van der Waals surface area contributed by atoms with Crippen LogP contribution in [0.25, 0.3) is 10.9 Å². The van der Waals surface area contributed by atoms with Gasteiger partial charge in [-0.3, -0.25) is 15.0 Å². The summed E-state index contributed by atoms with van der Waals surface area (Å²) in [6.07, 6.45) is 1.44. The number of fused-ring (bicyclic) bond motifs is 1. The number of amides is 1. The number of benzene rings is 2. The van der Waals surface area contributed by atoms with E-state index in [0.29, 0.717) is 61.6 Å². The number of halogens is 5. The number of likely N-dealkylation sites (tertiary alicyclic amines) is 1. The molecule has 0 radical (unpaired) electrons. The van der Waals surface area contributed by atoms with Crippen molar-refractivity contribution in [3.63, 3.8) is 0 Å². The lowest BCUT2D eigenvalue weighted by Gasteiger charge is -2.40. The molecule has 3 aromatic rings. The Morgan fingerprint density at radius 1 is 1.23 bits per heavy atom. The van der Waals surface area contributed by atoms with Gasteiger partial charge in [0.2, 0.25) is 5.91 Å². The summed E-state index contributed by atoms with van der Waals surface area (Å²) in [5, 5.41) is 10.1. The van der Waals surface area contributed by atoms with Crippen LogP contribution in [0.5, 0.6) is 5.75 Å². The summed E-state index contributed by atoms with van der Waals surface area (Å²) in [6.45, 7) is 1.50. The molecule has 1 saturated heterocycles. The molecule has 11 heteroatoms. The molecule has 1 aromatic heterocycles. The highest BCUT2D eigenvalue weighted by Crippen LogP contribution is 2.42. The van der Waals surface area contributed by atoms with Crippen LogP contribution in [-0.4, -0.2) is 47.7 Å². The molecule has 0 spiro atoms. The number of ether oxygens (including phenoxy) is 1. The fourth-order valence-corrected chi connectivity index (χ4v) is 5.63. The van der Waals surface area contributed by atoms with Gasteiger partial charge in [-0.1, -0.05) is 11.6 Å². The van der Waals surface area contributed by atoms with Gasteiger partial charge in [-0.15, -0.1) is 0 Å². The molecular weight excluding hydrogens is 538 g/mol. The van der Waals surface area contributed by atoms with Gasteiger partial charge in [-0.25, -0.2) is 23.0 Å². The fraction of sp³-hybridized carbons (Fsp3) is 0.429. The SMILES string of the molecule is COc1ccc2ncc(Cl)c(C(F)CCC3(C(=O)NO)CCN(CCCc4cc(F)cc(F)c4F)CC3)c2c1. The standard InChI is InChI=1S/C28H30ClF4N3O3/c1-39-19-4-5-24-20(15-19)25(21(29)16-34-24)22(31)6-7-28(27(37)35-38)8-11-36(12-9-28)10-2-3-17-13-18(30)14-23(32)26(17)33/h4-5,13-16,22,38H,2-3,6-12H2,1H3,(H,35,37). The Kier molecular flexibility index (Phi) is 9.30. The molecule has 4 rings (SSSR count). The van der Waals surface area contributed by atoms with Crippen molar-refractivity contribution in [1.82, 2.24) is 15.4 Å². The van der Waals surface area contributed by atoms with E-state index < -0.39 is 34.9 Å². The average molecular weight is 568 g/mol. The molecule has 2 N–H and O–H groups in total. The van der Waals surface area contributed by atoms with Crippen LogP contribution in [-0.2, 0) is 11.2 Å². The van der Waals surface area contributed by atoms with Crippen LogP contribution in [0.3, 0.4) is 0 Å². The first-order valence-corrected chi connectivity index (χ1v) is 13.1. The molecule has 2 aromatic carbocycles. The smallest absolute Gasteiger partial charge is 0.249 e. The highest BCUT2D eigenvalue weighted by molar-refractivity contribution is 6.32. The largest absolute Gasteiger partial charge is 0.497 e. The first-order valence-electron chi connectivity index (χ1n) is 12.7. The molecule has 1 unspecified atom stereocenters. The zero-order valence-corrected chi connectivity index (χ0v) is 22.2. The van der Waals surface area contributed by atoms with Gasteiger partial charge in [0.1, 0.15) is 17.7 Å². The third-order valence-corrected chi connectivity index (χ3v) is 7.94. The number of carbonyl (C=O) groups is 1. The zero-order chi connectivity index (χ0) is 28.2. The van der Waals surface area contributed by atoms with Gasteiger partial charge in [0.15, 0.2) is 11.6 Å². The molecule has 2 heterocycles. The van der Waals surface area contributed by atoms with E-state index in [0.717, 1.165) is 6.07 Å². The first-order chi connectivity index (χ1) is 18.7. The van der Waals surface area contributed by atoms with E-state index in [1.54, 1.807) is 23.7 Å². The lowest BCUT2D eigenvalue weighted by Crippen LogP contribution is -2.48. The Bertz CT molecular complexity index is 1340. The van der Waals surface area contributed by atoms with E-state index in [1.807, 2.05) is 0 Å². The monoisotopic (exact) mass is 567 g/mol. The number of rotatable bonds is 10. The summed E-state index contributed by atoms with van der Waals surface area (Å²) < 4.78 is 61.8. The number of methoxy groups -OCH3 is 1. The van der Waals surface area contributed by atoms with Crippen LogP contribution in [0.15, 0.2) is 36.5 Å². The van der Waals surface area contributed by atoms with Gasteiger partial charge in [0.05, 0.1) is 23.1 Å². The van der Waals surface area contributed by atoms with Crippen molar-refractivity contribution >= 4 is 28.4 Å². The minimum Gasteiger partial charge on any atom is -0.497 e. The van der Waals surface area contributed by atoms with Gasteiger partial charge in [0.25, 0.3) is 0 Å². The second-order valence-electron chi connectivity index (χ2n) is 9.94. The number of hydroxylamine groups is 1. The summed E-state index contributed by atoms with van der Waals surface area (Å²) in [7, 11) is 1.51. The topological polar surface area (TPSA) is 74.7 Å². The van der Waals surface area contributed by atoms with Crippen LogP contribution in [0.4, 0.5) is 17.6 Å². The molecule has 0 aliphatic carbocycles. The second kappa shape index (κ2) is 12.5. The minimum atomic E-state index is -1.49. The van der Waals surface area contributed by atoms with Crippen molar-refractivity contribution in [1.29, 1.82) is 0 Å². The van der Waals surface area contributed by atoms with E-state index in [2.05, 4.69) is 9.88 Å². The number of hydrogen-bond acceptors (Lipinski definition) is 5. The summed E-state index contributed by atoms with van der Waals surface area (Å²) in [6, 6.07) is 6.62. The summed E-state index contributed by atoms with van der Waals surface area (Å²) >= 11 is 6.34. The van der Waals surface area contributed by atoms with Crippen molar-refractivity contribution in [3.8, 4) is 5.75 Å². The molecule has 1 amide bonds. The number of nitrogens with zero attached hydrogens (tertiary/aromatic N) is 2.